The monoisotopic (exact) mass is 431 g/mol. The first-order valence-corrected chi connectivity index (χ1v) is 10.3. The van der Waals surface area contributed by atoms with Gasteiger partial charge in [-0.05, 0) is 36.1 Å². The van der Waals surface area contributed by atoms with Crippen molar-refractivity contribution in [3.8, 4) is 0 Å². The normalized spacial score (nSPS) is 29.7. The van der Waals surface area contributed by atoms with Crippen LogP contribution in [0.3, 0.4) is 0 Å². The summed E-state index contributed by atoms with van der Waals surface area (Å²) in [6, 6.07) is 7.08. The van der Waals surface area contributed by atoms with E-state index in [1.165, 1.54) is 12.5 Å². The molecule has 0 heterocycles. The van der Waals surface area contributed by atoms with Crippen molar-refractivity contribution in [2.75, 3.05) is 13.2 Å². The fraction of sp³-hybridized carbons (Fsp3) is 0.619. The molecule has 0 saturated heterocycles. The molecule has 0 aliphatic heterocycles. The number of ether oxygens (including phenoxy) is 1. The van der Waals surface area contributed by atoms with Gasteiger partial charge in [-0.2, -0.15) is 8.78 Å². The molecule has 0 radical (unpaired) electrons. The maximum atomic E-state index is 12.4. The molecule has 0 unspecified atom stereocenters. The lowest BCUT2D eigenvalue weighted by Gasteiger charge is -2.41. The average Bonchev–Trinajstić information content (AvgIpc) is 2.72. The summed E-state index contributed by atoms with van der Waals surface area (Å²) in [5.41, 5.74) is 1.15. The fourth-order valence-electron chi connectivity index (χ4n) is 4.43. The first-order valence-electron chi connectivity index (χ1n) is 9.96. The minimum atomic E-state index is -2.98. The molecule has 3 rings (SSSR count). The van der Waals surface area contributed by atoms with Crippen molar-refractivity contribution in [2.45, 2.75) is 68.5 Å². The summed E-state index contributed by atoms with van der Waals surface area (Å²) < 4.78 is 29.0. The second-order valence-corrected chi connectivity index (χ2v) is 8.43. The Bertz CT molecular complexity index is 694. The van der Waals surface area contributed by atoms with Crippen LogP contribution in [0, 0.1) is 0 Å². The number of alkyl halides is 2. The molecule has 2 aliphatic rings. The van der Waals surface area contributed by atoms with Crippen LogP contribution in [0.25, 0.3) is 0 Å². The summed E-state index contributed by atoms with van der Waals surface area (Å²) in [6.45, 7) is -2.95. The van der Waals surface area contributed by atoms with Gasteiger partial charge in [-0.25, -0.2) is 0 Å². The number of benzene rings is 1. The molecule has 1 fully saturated rings. The van der Waals surface area contributed by atoms with Gasteiger partial charge in [-0.15, -0.1) is 0 Å². The van der Waals surface area contributed by atoms with Crippen LogP contribution in [-0.4, -0.2) is 59.4 Å². The lowest BCUT2D eigenvalue weighted by atomic mass is 9.69. The van der Waals surface area contributed by atoms with E-state index in [0.717, 1.165) is 31.2 Å². The zero-order valence-corrected chi connectivity index (χ0v) is 16.9. The lowest BCUT2D eigenvalue weighted by molar-refractivity contribution is -0.129. The minimum Gasteiger partial charge on any atom is -0.388 e. The van der Waals surface area contributed by atoms with E-state index in [0.29, 0.717) is 11.6 Å². The van der Waals surface area contributed by atoms with Gasteiger partial charge in [0.2, 0.25) is 0 Å². The topological polar surface area (TPSA) is 82.0 Å². The lowest BCUT2D eigenvalue weighted by Crippen LogP contribution is -2.56. The molecule has 0 bridgehead atoms. The highest BCUT2D eigenvalue weighted by Gasteiger charge is 2.40. The summed E-state index contributed by atoms with van der Waals surface area (Å²) in [5.74, 6) is 0. The molecule has 4 N–H and O–H groups in total. The molecule has 8 heteroatoms. The Kier molecular flexibility index (Phi) is 7.64. The molecule has 1 aromatic carbocycles. The van der Waals surface area contributed by atoms with E-state index in [2.05, 4.69) is 10.1 Å². The number of nitrogens with one attached hydrogen (secondary N) is 1. The van der Waals surface area contributed by atoms with Gasteiger partial charge in [0.1, 0.15) is 18.3 Å². The molecule has 2 aliphatic carbocycles. The average molecular weight is 432 g/mol. The van der Waals surface area contributed by atoms with Gasteiger partial charge in [-0.1, -0.05) is 49.1 Å². The molecule has 0 amide bonds. The van der Waals surface area contributed by atoms with Crippen molar-refractivity contribution in [2.24, 2.45) is 0 Å². The van der Waals surface area contributed by atoms with E-state index in [-0.39, 0.29) is 11.0 Å². The smallest absolute Gasteiger partial charge is 0.345 e. The van der Waals surface area contributed by atoms with Crippen LogP contribution in [0.1, 0.15) is 37.7 Å². The van der Waals surface area contributed by atoms with Crippen molar-refractivity contribution < 1.29 is 28.8 Å². The zero-order chi connectivity index (χ0) is 21.0. The molecule has 0 aromatic heterocycles. The van der Waals surface area contributed by atoms with E-state index in [1.807, 2.05) is 24.3 Å². The van der Waals surface area contributed by atoms with Crippen molar-refractivity contribution in [3.05, 3.63) is 46.5 Å². The first kappa shape index (κ1) is 22.6. The van der Waals surface area contributed by atoms with Crippen LogP contribution in [0.15, 0.2) is 35.9 Å². The molecule has 162 valence electrons. The molecule has 4 atom stereocenters. The van der Waals surface area contributed by atoms with E-state index >= 15 is 0 Å². The predicted molar refractivity (Wildman–Crippen MR) is 106 cm³/mol. The summed E-state index contributed by atoms with van der Waals surface area (Å²) in [6.07, 6.45) is 2.59. The molecular weight excluding hydrogens is 404 g/mol. The van der Waals surface area contributed by atoms with Gasteiger partial charge in [0.25, 0.3) is 0 Å². The summed E-state index contributed by atoms with van der Waals surface area (Å²) in [4.78, 5) is 0. The van der Waals surface area contributed by atoms with Crippen LogP contribution in [0.2, 0.25) is 5.02 Å². The van der Waals surface area contributed by atoms with Crippen LogP contribution < -0.4 is 5.32 Å². The highest BCUT2D eigenvalue weighted by molar-refractivity contribution is 6.30. The molecule has 0 spiro atoms. The van der Waals surface area contributed by atoms with Crippen LogP contribution in [-0.2, 0) is 10.2 Å². The Hall–Kier alpha value is -1.09. The van der Waals surface area contributed by atoms with Crippen molar-refractivity contribution in [3.63, 3.8) is 0 Å². The van der Waals surface area contributed by atoms with Gasteiger partial charge in [0.15, 0.2) is 0 Å². The third kappa shape index (κ3) is 5.34. The fourth-order valence-corrected chi connectivity index (χ4v) is 4.56. The Morgan fingerprint density at radius 2 is 1.72 bits per heavy atom. The number of rotatable bonds is 7. The second-order valence-electron chi connectivity index (χ2n) is 7.99. The Morgan fingerprint density at radius 3 is 2.34 bits per heavy atom. The SMILES string of the molecule is O[C@@H]1[C@@H](O)[C@@H](O)C(COC(F)F)=C[C@H]1NCC1(c2ccc(Cl)cc2)CCCCC1. The molecule has 1 aromatic rings. The number of hydrogen-bond acceptors (Lipinski definition) is 5. The van der Waals surface area contributed by atoms with E-state index < -0.39 is 37.6 Å². The van der Waals surface area contributed by atoms with E-state index in [1.54, 1.807) is 0 Å². The van der Waals surface area contributed by atoms with Gasteiger partial charge in [-0.3, -0.25) is 0 Å². The number of hydrogen-bond donors (Lipinski definition) is 4. The Morgan fingerprint density at radius 1 is 1.07 bits per heavy atom. The van der Waals surface area contributed by atoms with E-state index in [9.17, 15) is 24.1 Å². The van der Waals surface area contributed by atoms with Gasteiger partial charge >= 0.3 is 6.61 Å². The zero-order valence-electron chi connectivity index (χ0n) is 16.1. The number of aliphatic hydroxyl groups is 3. The van der Waals surface area contributed by atoms with Crippen LogP contribution in [0.5, 0.6) is 0 Å². The van der Waals surface area contributed by atoms with Crippen molar-refractivity contribution >= 4 is 11.6 Å². The van der Waals surface area contributed by atoms with Crippen LogP contribution >= 0.6 is 11.6 Å². The quantitative estimate of drug-likeness (QED) is 0.499. The summed E-state index contributed by atoms with van der Waals surface area (Å²) in [7, 11) is 0. The molecule has 5 nitrogen and oxygen atoms in total. The van der Waals surface area contributed by atoms with Crippen molar-refractivity contribution in [1.29, 1.82) is 0 Å². The summed E-state index contributed by atoms with van der Waals surface area (Å²) in [5, 5.41) is 34.6. The molecule has 29 heavy (non-hydrogen) atoms. The molecule has 1 saturated carbocycles. The van der Waals surface area contributed by atoms with Gasteiger partial charge < -0.3 is 25.4 Å². The first-order chi connectivity index (χ1) is 13.8. The van der Waals surface area contributed by atoms with Gasteiger partial charge in [0, 0.05) is 17.0 Å². The third-order valence-corrected chi connectivity index (χ3v) is 6.39. The standard InChI is InChI=1S/C21H28ClF2NO4/c22-15-6-4-14(5-7-15)21(8-2-1-3-9-21)12-25-16-10-13(11-29-20(23)24)17(26)19(28)18(16)27/h4-7,10,16-20,25-28H,1-3,8-9,11-12H2/t16-,17+,18+,19+/m1/s1. The Balaban J connectivity index is 1.77. The van der Waals surface area contributed by atoms with Gasteiger partial charge in [0.05, 0.1) is 12.6 Å². The van der Waals surface area contributed by atoms with E-state index in [4.69, 9.17) is 11.6 Å². The second kappa shape index (κ2) is 9.81. The highest BCUT2D eigenvalue weighted by atomic mass is 35.5. The minimum absolute atomic E-state index is 0.129. The highest BCUT2D eigenvalue weighted by Crippen LogP contribution is 2.39. The maximum Gasteiger partial charge on any atom is 0.345 e. The van der Waals surface area contributed by atoms with Crippen LogP contribution in [0.4, 0.5) is 8.78 Å². The number of halogens is 3. The Labute approximate surface area is 174 Å². The number of aliphatic hydroxyl groups excluding tert-OH is 3. The van der Waals surface area contributed by atoms with Crippen molar-refractivity contribution in [1.82, 2.24) is 5.32 Å². The summed E-state index contributed by atoms with van der Waals surface area (Å²) >= 11 is 6.04. The largest absolute Gasteiger partial charge is 0.388 e. The molecular formula is C21H28ClF2NO4. The maximum absolute atomic E-state index is 12.4. The third-order valence-electron chi connectivity index (χ3n) is 6.13. The predicted octanol–water partition coefficient (Wildman–Crippen LogP) is 2.76.